The first-order valence-corrected chi connectivity index (χ1v) is 6.14. The molecule has 0 spiro atoms. The molecule has 0 aliphatic carbocycles. The molecule has 4 nitrogen and oxygen atoms in total. The molecule has 0 unspecified atom stereocenters. The van der Waals surface area contributed by atoms with Gasteiger partial charge in [0.1, 0.15) is 0 Å². The summed E-state index contributed by atoms with van der Waals surface area (Å²) in [5.74, 6) is 0. The van der Waals surface area contributed by atoms with Crippen LogP contribution in [-0.4, -0.2) is 40.9 Å². The van der Waals surface area contributed by atoms with E-state index in [2.05, 4.69) is 47.1 Å². The number of likely N-dealkylation sites (tertiary alicyclic amines) is 1. The van der Waals surface area contributed by atoms with Crippen LogP contribution in [0.4, 0.5) is 5.69 Å². The second-order valence-corrected chi connectivity index (χ2v) is 5.04. The smallest absolute Gasteiger partial charge is 0.0728 e. The molecule has 0 bridgehead atoms. The summed E-state index contributed by atoms with van der Waals surface area (Å²) in [6, 6.07) is 1.05. The molecular weight excluding hydrogens is 200 g/mol. The summed E-state index contributed by atoms with van der Waals surface area (Å²) >= 11 is 0. The molecule has 0 atom stereocenters. The lowest BCUT2D eigenvalue weighted by Crippen LogP contribution is -2.31. The molecule has 0 saturated carbocycles. The first-order valence-electron chi connectivity index (χ1n) is 6.14. The van der Waals surface area contributed by atoms with Crippen molar-refractivity contribution in [2.24, 2.45) is 0 Å². The molecule has 1 saturated heterocycles. The first-order chi connectivity index (χ1) is 7.65. The molecule has 2 rings (SSSR count). The molecule has 1 aliphatic rings. The second kappa shape index (κ2) is 4.87. The van der Waals surface area contributed by atoms with Crippen LogP contribution in [0.2, 0.25) is 0 Å². The number of hydrogen-bond acceptors (Lipinski definition) is 3. The largest absolute Gasteiger partial charge is 0.380 e. The third-order valence-electron chi connectivity index (χ3n) is 3.12. The standard InChI is InChI=1S/C12H22N4/c1-10(2)14-11-8-13-16(9-11)12-4-6-15(3)7-5-12/h8-10,12,14H,4-7H2,1-3H3. The Kier molecular flexibility index (Phi) is 3.49. The Balaban J connectivity index is 1.96. The number of piperidine rings is 1. The number of hydrogen-bond donors (Lipinski definition) is 1. The van der Waals surface area contributed by atoms with Crippen molar-refractivity contribution < 1.29 is 0 Å². The molecular formula is C12H22N4. The Morgan fingerprint density at radius 3 is 2.69 bits per heavy atom. The van der Waals surface area contributed by atoms with Crippen LogP contribution in [0.1, 0.15) is 32.7 Å². The summed E-state index contributed by atoms with van der Waals surface area (Å²) in [5.41, 5.74) is 1.13. The number of nitrogens with zero attached hydrogens (tertiary/aromatic N) is 3. The summed E-state index contributed by atoms with van der Waals surface area (Å²) in [4.78, 5) is 2.38. The zero-order valence-electron chi connectivity index (χ0n) is 10.5. The van der Waals surface area contributed by atoms with Gasteiger partial charge in [0.25, 0.3) is 0 Å². The van der Waals surface area contributed by atoms with Gasteiger partial charge in [0, 0.05) is 12.2 Å². The molecule has 1 fully saturated rings. The number of nitrogens with one attached hydrogen (secondary N) is 1. The highest BCUT2D eigenvalue weighted by Crippen LogP contribution is 2.22. The lowest BCUT2D eigenvalue weighted by Gasteiger charge is -2.28. The molecule has 4 heteroatoms. The molecule has 90 valence electrons. The molecule has 2 heterocycles. The van der Waals surface area contributed by atoms with Crippen molar-refractivity contribution in [3.05, 3.63) is 12.4 Å². The van der Waals surface area contributed by atoms with Gasteiger partial charge < -0.3 is 10.2 Å². The van der Waals surface area contributed by atoms with E-state index < -0.39 is 0 Å². The normalized spacial score (nSPS) is 19.2. The van der Waals surface area contributed by atoms with Gasteiger partial charge in [-0.25, -0.2) is 0 Å². The Morgan fingerprint density at radius 2 is 2.06 bits per heavy atom. The van der Waals surface area contributed by atoms with E-state index in [1.54, 1.807) is 0 Å². The molecule has 1 aromatic heterocycles. The predicted molar refractivity (Wildman–Crippen MR) is 66.8 cm³/mol. The summed E-state index contributed by atoms with van der Waals surface area (Å²) in [7, 11) is 2.19. The van der Waals surface area contributed by atoms with Gasteiger partial charge in [-0.2, -0.15) is 5.10 Å². The van der Waals surface area contributed by atoms with Gasteiger partial charge >= 0.3 is 0 Å². The predicted octanol–water partition coefficient (Wildman–Crippen LogP) is 1.97. The first kappa shape index (κ1) is 11.5. The van der Waals surface area contributed by atoms with Gasteiger partial charge in [0.2, 0.25) is 0 Å². The van der Waals surface area contributed by atoms with E-state index in [9.17, 15) is 0 Å². The van der Waals surface area contributed by atoms with E-state index >= 15 is 0 Å². The fourth-order valence-corrected chi connectivity index (χ4v) is 2.21. The van der Waals surface area contributed by atoms with E-state index in [0.717, 1.165) is 5.69 Å². The Labute approximate surface area is 97.6 Å². The van der Waals surface area contributed by atoms with E-state index in [4.69, 9.17) is 0 Å². The maximum atomic E-state index is 4.45. The Morgan fingerprint density at radius 1 is 1.38 bits per heavy atom. The van der Waals surface area contributed by atoms with E-state index in [1.165, 1.54) is 25.9 Å². The summed E-state index contributed by atoms with van der Waals surface area (Å²) in [6.45, 7) is 6.65. The minimum atomic E-state index is 0.468. The summed E-state index contributed by atoms with van der Waals surface area (Å²) in [6.07, 6.45) is 6.48. The lowest BCUT2D eigenvalue weighted by atomic mass is 10.1. The van der Waals surface area contributed by atoms with Crippen molar-refractivity contribution in [3.8, 4) is 0 Å². The highest BCUT2D eigenvalue weighted by atomic mass is 15.3. The highest BCUT2D eigenvalue weighted by molar-refractivity contribution is 5.38. The highest BCUT2D eigenvalue weighted by Gasteiger charge is 2.18. The van der Waals surface area contributed by atoms with Crippen molar-refractivity contribution >= 4 is 5.69 Å². The molecule has 0 amide bonds. The summed E-state index contributed by atoms with van der Waals surface area (Å²) in [5, 5.41) is 7.83. The molecule has 16 heavy (non-hydrogen) atoms. The van der Waals surface area contributed by atoms with Gasteiger partial charge in [-0.1, -0.05) is 0 Å². The van der Waals surface area contributed by atoms with Crippen molar-refractivity contribution in [1.82, 2.24) is 14.7 Å². The van der Waals surface area contributed by atoms with Crippen LogP contribution in [0.15, 0.2) is 12.4 Å². The van der Waals surface area contributed by atoms with Crippen LogP contribution < -0.4 is 5.32 Å². The molecule has 0 aromatic carbocycles. The van der Waals surface area contributed by atoms with Crippen LogP contribution >= 0.6 is 0 Å². The van der Waals surface area contributed by atoms with Gasteiger partial charge in [-0.15, -0.1) is 0 Å². The van der Waals surface area contributed by atoms with E-state index in [0.29, 0.717) is 12.1 Å². The molecule has 1 N–H and O–H groups in total. The van der Waals surface area contributed by atoms with Crippen LogP contribution in [0.3, 0.4) is 0 Å². The van der Waals surface area contributed by atoms with Crippen LogP contribution in [0.5, 0.6) is 0 Å². The maximum Gasteiger partial charge on any atom is 0.0728 e. The Hall–Kier alpha value is -1.03. The van der Waals surface area contributed by atoms with Crippen molar-refractivity contribution in [1.29, 1.82) is 0 Å². The topological polar surface area (TPSA) is 33.1 Å². The van der Waals surface area contributed by atoms with Crippen molar-refractivity contribution in [2.75, 3.05) is 25.5 Å². The number of aromatic nitrogens is 2. The summed E-state index contributed by atoms with van der Waals surface area (Å²) < 4.78 is 2.12. The third-order valence-corrected chi connectivity index (χ3v) is 3.12. The molecule has 1 aromatic rings. The number of rotatable bonds is 3. The minimum Gasteiger partial charge on any atom is -0.380 e. The number of anilines is 1. The van der Waals surface area contributed by atoms with E-state index in [-0.39, 0.29) is 0 Å². The minimum absolute atomic E-state index is 0.468. The monoisotopic (exact) mass is 222 g/mol. The zero-order chi connectivity index (χ0) is 11.5. The third kappa shape index (κ3) is 2.76. The second-order valence-electron chi connectivity index (χ2n) is 5.04. The van der Waals surface area contributed by atoms with Gasteiger partial charge in [-0.05, 0) is 46.8 Å². The fraction of sp³-hybridized carbons (Fsp3) is 0.750. The SMILES string of the molecule is CC(C)Nc1cnn(C2CCN(C)CC2)c1. The van der Waals surface area contributed by atoms with Gasteiger partial charge in [-0.3, -0.25) is 4.68 Å². The van der Waals surface area contributed by atoms with E-state index in [1.807, 2.05) is 6.20 Å². The van der Waals surface area contributed by atoms with Crippen molar-refractivity contribution in [3.63, 3.8) is 0 Å². The maximum absolute atomic E-state index is 4.45. The molecule has 1 aliphatic heterocycles. The van der Waals surface area contributed by atoms with Crippen LogP contribution in [-0.2, 0) is 0 Å². The lowest BCUT2D eigenvalue weighted by molar-refractivity contribution is 0.212. The zero-order valence-corrected chi connectivity index (χ0v) is 10.5. The average Bonchev–Trinajstić information content (AvgIpc) is 2.66. The average molecular weight is 222 g/mol. The van der Waals surface area contributed by atoms with Crippen molar-refractivity contribution in [2.45, 2.75) is 38.8 Å². The Bertz CT molecular complexity index is 324. The quantitative estimate of drug-likeness (QED) is 0.849. The van der Waals surface area contributed by atoms with Crippen LogP contribution in [0, 0.1) is 0 Å². The van der Waals surface area contributed by atoms with Crippen LogP contribution in [0.25, 0.3) is 0 Å². The van der Waals surface area contributed by atoms with Gasteiger partial charge in [0.15, 0.2) is 0 Å². The fourth-order valence-electron chi connectivity index (χ4n) is 2.21. The molecule has 0 radical (unpaired) electrons. The van der Waals surface area contributed by atoms with Gasteiger partial charge in [0.05, 0.1) is 17.9 Å².